The van der Waals surface area contributed by atoms with Crippen molar-refractivity contribution >= 4 is 29.2 Å². The zero-order chi connectivity index (χ0) is 9.90. The van der Waals surface area contributed by atoms with Crippen LogP contribution in [-0.4, -0.2) is 11.3 Å². The maximum atomic E-state index is 10.8. The Morgan fingerprint density at radius 3 is 2.85 bits per heavy atom. The van der Waals surface area contributed by atoms with Gasteiger partial charge in [0.1, 0.15) is 6.29 Å². The number of hydrogen-bond acceptors (Lipinski definition) is 3. The van der Waals surface area contributed by atoms with Gasteiger partial charge in [-0.05, 0) is 6.42 Å². The Morgan fingerprint density at radius 1 is 1.77 bits per heavy atom. The summed E-state index contributed by atoms with van der Waals surface area (Å²) in [6.45, 7) is 3.94. The highest BCUT2D eigenvalue weighted by molar-refractivity contribution is 7.13. The monoisotopic (exact) mass is 217 g/mol. The lowest BCUT2D eigenvalue weighted by molar-refractivity contribution is -0.115. The summed E-state index contributed by atoms with van der Waals surface area (Å²) < 4.78 is 0.541. The van der Waals surface area contributed by atoms with Crippen molar-refractivity contribution in [2.24, 2.45) is 5.41 Å². The van der Waals surface area contributed by atoms with Gasteiger partial charge in [-0.1, -0.05) is 25.4 Å². The molecule has 0 spiro atoms. The third-order valence-electron chi connectivity index (χ3n) is 2.20. The second-order valence-electron chi connectivity index (χ2n) is 3.39. The third kappa shape index (κ3) is 2.78. The number of aldehydes is 1. The number of thiazole rings is 1. The molecule has 2 nitrogen and oxygen atoms in total. The average Bonchev–Trinajstić information content (AvgIpc) is 2.51. The van der Waals surface area contributed by atoms with E-state index in [1.807, 2.05) is 19.2 Å². The number of hydrogen-bond donors (Lipinski definition) is 0. The average molecular weight is 218 g/mol. The van der Waals surface area contributed by atoms with Crippen molar-refractivity contribution in [1.82, 2.24) is 4.98 Å². The zero-order valence-corrected chi connectivity index (χ0v) is 9.28. The molecule has 0 N–H and O–H groups in total. The maximum Gasteiger partial charge on any atom is 0.183 e. The van der Waals surface area contributed by atoms with Crippen LogP contribution in [0.15, 0.2) is 5.38 Å². The molecule has 13 heavy (non-hydrogen) atoms. The second-order valence-corrected chi connectivity index (χ2v) is 4.83. The van der Waals surface area contributed by atoms with Crippen LogP contribution in [-0.2, 0) is 11.2 Å². The SMILES string of the molecule is CCC(C)(C=O)Cc1csc(Cl)n1. The highest BCUT2D eigenvalue weighted by Gasteiger charge is 2.22. The van der Waals surface area contributed by atoms with E-state index in [0.29, 0.717) is 10.9 Å². The molecule has 4 heteroatoms. The molecule has 0 amide bonds. The molecule has 0 saturated carbocycles. The molecular formula is C9H12ClNOS. The first-order chi connectivity index (χ1) is 6.09. The predicted octanol–water partition coefficient (Wildman–Crippen LogP) is 2.95. The van der Waals surface area contributed by atoms with E-state index in [0.717, 1.165) is 18.4 Å². The molecule has 1 rings (SSSR count). The van der Waals surface area contributed by atoms with Crippen LogP contribution in [0.3, 0.4) is 0 Å². The molecule has 1 heterocycles. The minimum Gasteiger partial charge on any atom is -0.303 e. The van der Waals surface area contributed by atoms with E-state index in [1.54, 1.807) is 0 Å². The largest absolute Gasteiger partial charge is 0.303 e. The van der Waals surface area contributed by atoms with Crippen LogP contribution in [0.1, 0.15) is 26.0 Å². The summed E-state index contributed by atoms with van der Waals surface area (Å²) in [6, 6.07) is 0. The Labute approximate surface area is 86.9 Å². The molecular weight excluding hydrogens is 206 g/mol. The van der Waals surface area contributed by atoms with Gasteiger partial charge in [-0.25, -0.2) is 4.98 Å². The van der Waals surface area contributed by atoms with E-state index < -0.39 is 0 Å². The molecule has 0 aliphatic rings. The topological polar surface area (TPSA) is 30.0 Å². The van der Waals surface area contributed by atoms with Crippen molar-refractivity contribution < 1.29 is 4.79 Å². The van der Waals surface area contributed by atoms with Gasteiger partial charge in [-0.2, -0.15) is 0 Å². The summed E-state index contributed by atoms with van der Waals surface area (Å²) >= 11 is 7.10. The van der Waals surface area contributed by atoms with Crippen LogP contribution >= 0.6 is 22.9 Å². The number of carbonyl (C=O) groups excluding carboxylic acids is 1. The molecule has 1 unspecified atom stereocenters. The summed E-state index contributed by atoms with van der Waals surface area (Å²) in [5, 5.41) is 1.90. The van der Waals surface area contributed by atoms with Crippen LogP contribution in [0.5, 0.6) is 0 Å². The molecule has 72 valence electrons. The van der Waals surface area contributed by atoms with E-state index in [9.17, 15) is 4.79 Å². The third-order valence-corrected chi connectivity index (χ3v) is 3.23. The number of aromatic nitrogens is 1. The van der Waals surface area contributed by atoms with Gasteiger partial charge in [0.2, 0.25) is 0 Å². The highest BCUT2D eigenvalue weighted by Crippen LogP contribution is 2.25. The number of halogens is 1. The fourth-order valence-corrected chi connectivity index (χ4v) is 1.81. The Bertz CT molecular complexity index is 300. The first kappa shape index (κ1) is 10.7. The van der Waals surface area contributed by atoms with E-state index in [4.69, 9.17) is 11.6 Å². The summed E-state index contributed by atoms with van der Waals surface area (Å²) in [4.78, 5) is 14.9. The molecule has 0 fully saturated rings. The molecule has 0 aliphatic heterocycles. The molecule has 0 aliphatic carbocycles. The smallest absolute Gasteiger partial charge is 0.183 e. The quantitative estimate of drug-likeness (QED) is 0.726. The number of rotatable bonds is 4. The Morgan fingerprint density at radius 2 is 2.46 bits per heavy atom. The van der Waals surface area contributed by atoms with Gasteiger partial charge in [0.15, 0.2) is 4.47 Å². The predicted molar refractivity (Wildman–Crippen MR) is 55.3 cm³/mol. The fraction of sp³-hybridized carbons (Fsp3) is 0.556. The lowest BCUT2D eigenvalue weighted by Gasteiger charge is -2.18. The van der Waals surface area contributed by atoms with Gasteiger partial charge in [-0.3, -0.25) is 0 Å². The van der Waals surface area contributed by atoms with Crippen molar-refractivity contribution in [3.8, 4) is 0 Å². The van der Waals surface area contributed by atoms with Crippen molar-refractivity contribution in [3.63, 3.8) is 0 Å². The highest BCUT2D eigenvalue weighted by atomic mass is 35.5. The Balaban J connectivity index is 2.72. The molecule has 0 radical (unpaired) electrons. The summed E-state index contributed by atoms with van der Waals surface area (Å²) in [7, 11) is 0. The van der Waals surface area contributed by atoms with Crippen LogP contribution in [0.2, 0.25) is 4.47 Å². The molecule has 1 aromatic heterocycles. The lowest BCUT2D eigenvalue weighted by atomic mass is 9.85. The summed E-state index contributed by atoms with van der Waals surface area (Å²) in [5.41, 5.74) is 0.615. The van der Waals surface area contributed by atoms with Gasteiger partial charge < -0.3 is 4.79 Å². The first-order valence-electron chi connectivity index (χ1n) is 4.16. The Kier molecular flexibility index (Phi) is 3.45. The van der Waals surface area contributed by atoms with E-state index in [-0.39, 0.29) is 5.41 Å². The van der Waals surface area contributed by atoms with Crippen molar-refractivity contribution in [3.05, 3.63) is 15.5 Å². The maximum absolute atomic E-state index is 10.8. The van der Waals surface area contributed by atoms with Crippen LogP contribution < -0.4 is 0 Å². The minimum absolute atomic E-state index is 0.294. The molecule has 1 atom stereocenters. The van der Waals surface area contributed by atoms with Gasteiger partial charge in [0, 0.05) is 17.2 Å². The molecule has 1 aromatic rings. The first-order valence-corrected chi connectivity index (χ1v) is 5.41. The van der Waals surface area contributed by atoms with E-state index >= 15 is 0 Å². The van der Waals surface area contributed by atoms with Crippen molar-refractivity contribution in [1.29, 1.82) is 0 Å². The fourth-order valence-electron chi connectivity index (χ4n) is 1.03. The van der Waals surface area contributed by atoms with Crippen molar-refractivity contribution in [2.45, 2.75) is 26.7 Å². The number of nitrogens with zero attached hydrogens (tertiary/aromatic N) is 1. The van der Waals surface area contributed by atoms with Gasteiger partial charge in [0.05, 0.1) is 5.69 Å². The Hall–Kier alpha value is -0.410. The van der Waals surface area contributed by atoms with Gasteiger partial charge >= 0.3 is 0 Å². The zero-order valence-electron chi connectivity index (χ0n) is 7.71. The summed E-state index contributed by atoms with van der Waals surface area (Å²) in [6.07, 6.45) is 2.50. The molecule has 0 bridgehead atoms. The second kappa shape index (κ2) is 4.20. The van der Waals surface area contributed by atoms with Gasteiger partial charge in [-0.15, -0.1) is 11.3 Å². The van der Waals surface area contributed by atoms with Gasteiger partial charge in [0.25, 0.3) is 0 Å². The van der Waals surface area contributed by atoms with Crippen molar-refractivity contribution in [2.75, 3.05) is 0 Å². The normalized spacial score (nSPS) is 15.3. The summed E-state index contributed by atoms with van der Waals surface area (Å²) in [5.74, 6) is 0. The molecule has 0 saturated heterocycles. The van der Waals surface area contributed by atoms with E-state index in [1.165, 1.54) is 11.3 Å². The standard InChI is InChI=1S/C9H12ClNOS/c1-3-9(2,6-12)4-7-5-13-8(10)11-7/h5-6H,3-4H2,1-2H3. The number of carbonyl (C=O) groups is 1. The van der Waals surface area contributed by atoms with Crippen LogP contribution in [0, 0.1) is 5.41 Å². The van der Waals surface area contributed by atoms with Crippen LogP contribution in [0.4, 0.5) is 0 Å². The lowest BCUT2D eigenvalue weighted by Crippen LogP contribution is -2.20. The van der Waals surface area contributed by atoms with E-state index in [2.05, 4.69) is 4.98 Å². The van der Waals surface area contributed by atoms with Crippen LogP contribution in [0.25, 0.3) is 0 Å². The minimum atomic E-state index is -0.294. The molecule has 0 aromatic carbocycles.